The van der Waals surface area contributed by atoms with Gasteiger partial charge in [0.15, 0.2) is 0 Å². The Kier molecular flexibility index (Phi) is 5.05. The molecule has 0 bridgehead atoms. The summed E-state index contributed by atoms with van der Waals surface area (Å²) in [4.78, 5) is 14.8. The molecule has 1 aromatic carbocycles. The van der Waals surface area contributed by atoms with Gasteiger partial charge in [-0.2, -0.15) is 0 Å². The van der Waals surface area contributed by atoms with E-state index in [1.54, 1.807) is 0 Å². The first kappa shape index (κ1) is 14.9. The molecule has 1 aliphatic rings. The van der Waals surface area contributed by atoms with Crippen LogP contribution < -0.4 is 10.6 Å². The fourth-order valence-corrected chi connectivity index (χ4v) is 3.02. The molecule has 1 aliphatic heterocycles. The van der Waals surface area contributed by atoms with Gasteiger partial charge in [0.05, 0.1) is 0 Å². The van der Waals surface area contributed by atoms with E-state index in [0.29, 0.717) is 5.91 Å². The predicted molar refractivity (Wildman–Crippen MR) is 84.8 cm³/mol. The summed E-state index contributed by atoms with van der Waals surface area (Å²) in [6.07, 6.45) is 6.28. The SMILES string of the molecule is CCCCC(CC)C(=O)N1CCCc2cc(N)ccc21. The molecule has 1 aromatic rings. The highest BCUT2D eigenvalue weighted by atomic mass is 16.2. The second-order valence-corrected chi connectivity index (χ2v) is 5.73. The van der Waals surface area contributed by atoms with Crippen LogP contribution in [-0.2, 0) is 11.2 Å². The number of carbonyl (C=O) groups excluding carboxylic acids is 1. The summed E-state index contributed by atoms with van der Waals surface area (Å²) in [6.45, 7) is 5.14. The van der Waals surface area contributed by atoms with Crippen molar-refractivity contribution in [3.8, 4) is 0 Å². The maximum Gasteiger partial charge on any atom is 0.230 e. The molecule has 3 heteroatoms. The first-order chi connectivity index (χ1) is 9.67. The molecule has 110 valence electrons. The van der Waals surface area contributed by atoms with Crippen molar-refractivity contribution in [3.05, 3.63) is 23.8 Å². The molecule has 0 aromatic heterocycles. The number of fused-ring (bicyclic) bond motifs is 1. The Morgan fingerprint density at radius 1 is 1.40 bits per heavy atom. The van der Waals surface area contributed by atoms with E-state index >= 15 is 0 Å². The van der Waals surface area contributed by atoms with Gasteiger partial charge in [0.1, 0.15) is 0 Å². The van der Waals surface area contributed by atoms with Crippen LogP contribution in [0.5, 0.6) is 0 Å². The van der Waals surface area contributed by atoms with Gasteiger partial charge in [-0.25, -0.2) is 0 Å². The molecular formula is C17H26N2O. The summed E-state index contributed by atoms with van der Waals surface area (Å²) < 4.78 is 0. The van der Waals surface area contributed by atoms with Crippen LogP contribution in [0.3, 0.4) is 0 Å². The number of nitrogens with zero attached hydrogens (tertiary/aromatic N) is 1. The highest BCUT2D eigenvalue weighted by Crippen LogP contribution is 2.31. The van der Waals surface area contributed by atoms with E-state index in [1.807, 2.05) is 23.1 Å². The monoisotopic (exact) mass is 274 g/mol. The number of aryl methyl sites for hydroxylation is 1. The Hall–Kier alpha value is -1.51. The minimum Gasteiger partial charge on any atom is -0.399 e. The molecule has 0 aliphatic carbocycles. The Bertz CT molecular complexity index is 470. The number of anilines is 2. The number of nitrogen functional groups attached to an aromatic ring is 1. The molecule has 1 unspecified atom stereocenters. The van der Waals surface area contributed by atoms with Crippen LogP contribution in [-0.4, -0.2) is 12.5 Å². The lowest BCUT2D eigenvalue weighted by atomic mass is 9.94. The van der Waals surface area contributed by atoms with Crippen LogP contribution >= 0.6 is 0 Å². The van der Waals surface area contributed by atoms with E-state index in [-0.39, 0.29) is 5.92 Å². The third-order valence-electron chi connectivity index (χ3n) is 4.24. The maximum atomic E-state index is 12.8. The van der Waals surface area contributed by atoms with E-state index in [0.717, 1.165) is 56.4 Å². The Morgan fingerprint density at radius 3 is 2.90 bits per heavy atom. The summed E-state index contributed by atoms with van der Waals surface area (Å²) in [6, 6.07) is 5.92. The smallest absolute Gasteiger partial charge is 0.230 e. The van der Waals surface area contributed by atoms with Crippen LogP contribution in [0.1, 0.15) is 51.5 Å². The second kappa shape index (κ2) is 6.78. The van der Waals surface area contributed by atoms with E-state index in [4.69, 9.17) is 5.73 Å². The lowest BCUT2D eigenvalue weighted by Crippen LogP contribution is -2.39. The minimum absolute atomic E-state index is 0.165. The zero-order chi connectivity index (χ0) is 14.5. The number of rotatable bonds is 5. The Balaban J connectivity index is 2.19. The molecular weight excluding hydrogens is 248 g/mol. The lowest BCUT2D eigenvalue weighted by molar-refractivity contribution is -0.122. The molecule has 1 amide bonds. The van der Waals surface area contributed by atoms with Crippen molar-refractivity contribution >= 4 is 17.3 Å². The van der Waals surface area contributed by atoms with E-state index in [1.165, 1.54) is 5.56 Å². The number of benzene rings is 1. The standard InChI is InChI=1S/C17H26N2O/c1-3-5-7-13(4-2)17(20)19-11-6-8-14-12-15(18)9-10-16(14)19/h9-10,12-13H,3-8,11,18H2,1-2H3. The first-order valence-electron chi connectivity index (χ1n) is 7.87. The van der Waals surface area contributed by atoms with Gasteiger partial charge in [-0.3, -0.25) is 4.79 Å². The highest BCUT2D eigenvalue weighted by molar-refractivity contribution is 5.96. The predicted octanol–water partition coefficient (Wildman–Crippen LogP) is 3.76. The molecule has 2 N–H and O–H groups in total. The number of amides is 1. The molecule has 0 saturated carbocycles. The minimum atomic E-state index is 0.165. The molecule has 0 radical (unpaired) electrons. The molecule has 2 rings (SSSR count). The number of unbranched alkanes of at least 4 members (excludes halogenated alkanes) is 1. The molecule has 1 heterocycles. The van der Waals surface area contributed by atoms with E-state index in [9.17, 15) is 4.79 Å². The van der Waals surface area contributed by atoms with Crippen molar-refractivity contribution in [1.82, 2.24) is 0 Å². The normalized spacial score (nSPS) is 15.8. The molecule has 20 heavy (non-hydrogen) atoms. The van der Waals surface area contributed by atoms with Crippen molar-refractivity contribution in [3.63, 3.8) is 0 Å². The number of hydrogen-bond acceptors (Lipinski definition) is 2. The number of hydrogen-bond donors (Lipinski definition) is 1. The third kappa shape index (κ3) is 3.14. The van der Waals surface area contributed by atoms with Crippen molar-refractivity contribution in [2.75, 3.05) is 17.2 Å². The first-order valence-corrected chi connectivity index (χ1v) is 7.87. The topological polar surface area (TPSA) is 46.3 Å². The average Bonchev–Trinajstić information content (AvgIpc) is 2.46. The molecule has 0 fully saturated rings. The van der Waals surface area contributed by atoms with E-state index in [2.05, 4.69) is 13.8 Å². The zero-order valence-electron chi connectivity index (χ0n) is 12.7. The maximum absolute atomic E-state index is 12.8. The van der Waals surface area contributed by atoms with Crippen LogP contribution in [0.15, 0.2) is 18.2 Å². The van der Waals surface area contributed by atoms with Gasteiger partial charge >= 0.3 is 0 Å². The van der Waals surface area contributed by atoms with Gasteiger partial charge in [0.25, 0.3) is 0 Å². The van der Waals surface area contributed by atoms with Crippen molar-refractivity contribution in [2.45, 2.75) is 52.4 Å². The molecule has 3 nitrogen and oxygen atoms in total. The van der Waals surface area contributed by atoms with E-state index < -0.39 is 0 Å². The van der Waals surface area contributed by atoms with Crippen LogP contribution in [0.2, 0.25) is 0 Å². The van der Waals surface area contributed by atoms with Crippen molar-refractivity contribution in [1.29, 1.82) is 0 Å². The Morgan fingerprint density at radius 2 is 2.20 bits per heavy atom. The van der Waals surface area contributed by atoms with Gasteiger partial charge in [0.2, 0.25) is 5.91 Å². The molecule has 0 saturated heterocycles. The fourth-order valence-electron chi connectivity index (χ4n) is 3.02. The van der Waals surface area contributed by atoms with Gasteiger partial charge in [-0.15, -0.1) is 0 Å². The van der Waals surface area contributed by atoms with Crippen molar-refractivity contribution < 1.29 is 4.79 Å². The molecule has 1 atom stereocenters. The summed E-state index contributed by atoms with van der Waals surface area (Å²) >= 11 is 0. The second-order valence-electron chi connectivity index (χ2n) is 5.73. The highest BCUT2D eigenvalue weighted by Gasteiger charge is 2.27. The quantitative estimate of drug-likeness (QED) is 0.831. The summed E-state index contributed by atoms with van der Waals surface area (Å²) in [5.41, 5.74) is 8.93. The largest absolute Gasteiger partial charge is 0.399 e. The Labute approximate surface area is 122 Å². The number of carbonyl (C=O) groups is 1. The van der Waals surface area contributed by atoms with Crippen LogP contribution in [0.25, 0.3) is 0 Å². The third-order valence-corrected chi connectivity index (χ3v) is 4.24. The summed E-state index contributed by atoms with van der Waals surface area (Å²) in [5, 5.41) is 0. The summed E-state index contributed by atoms with van der Waals surface area (Å²) in [5.74, 6) is 0.463. The fraction of sp³-hybridized carbons (Fsp3) is 0.588. The zero-order valence-corrected chi connectivity index (χ0v) is 12.7. The average molecular weight is 274 g/mol. The van der Waals surface area contributed by atoms with Gasteiger partial charge < -0.3 is 10.6 Å². The number of nitrogens with two attached hydrogens (primary N) is 1. The van der Waals surface area contributed by atoms with Gasteiger partial charge in [0, 0.05) is 23.8 Å². The molecule has 0 spiro atoms. The summed E-state index contributed by atoms with van der Waals surface area (Å²) in [7, 11) is 0. The van der Waals surface area contributed by atoms with Gasteiger partial charge in [-0.05, 0) is 49.4 Å². The van der Waals surface area contributed by atoms with Crippen LogP contribution in [0, 0.1) is 5.92 Å². The van der Waals surface area contributed by atoms with Gasteiger partial charge in [-0.1, -0.05) is 26.7 Å². The van der Waals surface area contributed by atoms with Crippen LogP contribution in [0.4, 0.5) is 11.4 Å². The lowest BCUT2D eigenvalue weighted by Gasteiger charge is -2.32. The van der Waals surface area contributed by atoms with Crippen molar-refractivity contribution in [2.24, 2.45) is 5.92 Å².